The van der Waals surface area contributed by atoms with Crippen molar-refractivity contribution in [3.63, 3.8) is 0 Å². The molecule has 0 aliphatic carbocycles. The molecule has 0 bridgehead atoms. The summed E-state index contributed by atoms with van der Waals surface area (Å²) in [7, 11) is 0. The van der Waals surface area contributed by atoms with Gasteiger partial charge in [-0.15, -0.1) is 0 Å². The van der Waals surface area contributed by atoms with Crippen molar-refractivity contribution >= 4 is 11.9 Å². The van der Waals surface area contributed by atoms with E-state index in [1.54, 1.807) is 0 Å². The highest BCUT2D eigenvalue weighted by atomic mass is 16.4. The zero-order valence-corrected chi connectivity index (χ0v) is 14.2. The molecule has 0 fully saturated rings. The van der Waals surface area contributed by atoms with E-state index in [9.17, 15) is 9.59 Å². The van der Waals surface area contributed by atoms with E-state index in [1.165, 1.54) is 0 Å². The lowest BCUT2D eigenvalue weighted by molar-refractivity contribution is -0.136. The maximum Gasteiger partial charge on any atom is 0.307 e. The van der Waals surface area contributed by atoms with Gasteiger partial charge in [-0.3, -0.25) is 9.59 Å². The Hall–Kier alpha value is -1.84. The molecule has 0 aliphatic heterocycles. The van der Waals surface area contributed by atoms with E-state index in [-0.39, 0.29) is 17.7 Å². The van der Waals surface area contributed by atoms with E-state index in [0.29, 0.717) is 18.9 Å². The van der Waals surface area contributed by atoms with Crippen LogP contribution in [0.5, 0.6) is 0 Å². The average molecular weight is 305 g/mol. The van der Waals surface area contributed by atoms with Crippen molar-refractivity contribution in [3.05, 3.63) is 34.9 Å². The minimum Gasteiger partial charge on any atom is -0.481 e. The fourth-order valence-corrected chi connectivity index (χ4v) is 2.39. The van der Waals surface area contributed by atoms with Gasteiger partial charge in [0.25, 0.3) is 0 Å². The van der Waals surface area contributed by atoms with Gasteiger partial charge in [-0.25, -0.2) is 0 Å². The molecular formula is C18H27NO3. The second-order valence-electron chi connectivity index (χ2n) is 7.19. The third-order valence-corrected chi connectivity index (χ3v) is 3.41. The van der Waals surface area contributed by atoms with Gasteiger partial charge < -0.3 is 10.4 Å². The van der Waals surface area contributed by atoms with Crippen molar-refractivity contribution in [3.8, 4) is 0 Å². The number of benzene rings is 1. The van der Waals surface area contributed by atoms with Crippen molar-refractivity contribution in [1.82, 2.24) is 5.32 Å². The van der Waals surface area contributed by atoms with Crippen LogP contribution in [0.25, 0.3) is 0 Å². The molecule has 0 spiro atoms. The van der Waals surface area contributed by atoms with Crippen molar-refractivity contribution in [2.75, 3.05) is 0 Å². The number of carbonyl (C=O) groups is 2. The maximum absolute atomic E-state index is 11.7. The van der Waals surface area contributed by atoms with E-state index < -0.39 is 5.97 Å². The summed E-state index contributed by atoms with van der Waals surface area (Å²) >= 11 is 0. The number of nitrogens with one attached hydrogen (secondary N) is 1. The predicted molar refractivity (Wildman–Crippen MR) is 87.8 cm³/mol. The lowest BCUT2D eigenvalue weighted by Crippen LogP contribution is -2.24. The lowest BCUT2D eigenvalue weighted by atomic mass is 9.82. The van der Waals surface area contributed by atoms with E-state index in [4.69, 9.17) is 5.11 Å². The number of hydrogen-bond donors (Lipinski definition) is 2. The first kappa shape index (κ1) is 18.2. The Labute approximate surface area is 132 Å². The standard InChI is InChI=1S/C18H27NO3/c1-12(2)8-16(20)19-11-13-6-7-14(10-17(21)22)15(9-13)18(3,4)5/h6-7,9,12H,8,10-11H2,1-5H3,(H,19,20)(H,21,22). The monoisotopic (exact) mass is 305 g/mol. The molecule has 0 aromatic heterocycles. The largest absolute Gasteiger partial charge is 0.481 e. The molecule has 2 N–H and O–H groups in total. The fourth-order valence-electron chi connectivity index (χ4n) is 2.39. The van der Waals surface area contributed by atoms with Gasteiger partial charge in [0.2, 0.25) is 5.91 Å². The number of carboxylic acid groups (broad SMARTS) is 1. The molecular weight excluding hydrogens is 278 g/mol. The first-order valence-corrected chi connectivity index (χ1v) is 7.70. The Morgan fingerprint density at radius 1 is 1.23 bits per heavy atom. The Morgan fingerprint density at radius 3 is 2.36 bits per heavy atom. The minimum absolute atomic E-state index is 0.0204. The molecule has 1 aromatic rings. The number of rotatable bonds is 6. The number of hydrogen-bond acceptors (Lipinski definition) is 2. The van der Waals surface area contributed by atoms with Crippen LogP contribution in [-0.4, -0.2) is 17.0 Å². The lowest BCUT2D eigenvalue weighted by Gasteiger charge is -2.23. The molecule has 22 heavy (non-hydrogen) atoms. The van der Waals surface area contributed by atoms with Crippen LogP contribution in [0, 0.1) is 5.92 Å². The molecule has 0 atom stereocenters. The maximum atomic E-state index is 11.7. The average Bonchev–Trinajstić information content (AvgIpc) is 2.34. The second kappa shape index (κ2) is 7.43. The Bertz CT molecular complexity index is 542. The van der Waals surface area contributed by atoms with Crippen molar-refractivity contribution in [1.29, 1.82) is 0 Å². The van der Waals surface area contributed by atoms with E-state index in [0.717, 1.165) is 16.7 Å². The molecule has 4 nitrogen and oxygen atoms in total. The summed E-state index contributed by atoms with van der Waals surface area (Å²) in [4.78, 5) is 22.7. The van der Waals surface area contributed by atoms with Crippen LogP contribution < -0.4 is 5.32 Å². The number of carboxylic acids is 1. The summed E-state index contributed by atoms with van der Waals surface area (Å²) in [6, 6.07) is 5.76. The van der Waals surface area contributed by atoms with Crippen LogP contribution in [0.2, 0.25) is 0 Å². The normalized spacial score (nSPS) is 11.5. The quantitative estimate of drug-likeness (QED) is 0.847. The van der Waals surface area contributed by atoms with Crippen LogP contribution >= 0.6 is 0 Å². The van der Waals surface area contributed by atoms with Crippen LogP contribution in [0.1, 0.15) is 57.7 Å². The predicted octanol–water partition coefficient (Wildman–Crippen LogP) is 3.27. The third kappa shape index (κ3) is 5.88. The number of aliphatic carboxylic acids is 1. The Kier molecular flexibility index (Phi) is 6.15. The molecule has 0 saturated carbocycles. The van der Waals surface area contributed by atoms with E-state index in [2.05, 4.69) is 26.1 Å². The molecule has 122 valence electrons. The molecule has 4 heteroatoms. The third-order valence-electron chi connectivity index (χ3n) is 3.41. The highest BCUT2D eigenvalue weighted by molar-refractivity contribution is 5.76. The van der Waals surface area contributed by atoms with E-state index >= 15 is 0 Å². The highest BCUT2D eigenvalue weighted by Gasteiger charge is 2.19. The Balaban J connectivity index is 2.90. The van der Waals surface area contributed by atoms with Crippen molar-refractivity contribution in [2.24, 2.45) is 5.92 Å². The summed E-state index contributed by atoms with van der Waals surface area (Å²) in [5, 5.41) is 11.9. The van der Waals surface area contributed by atoms with Crippen LogP contribution in [0.15, 0.2) is 18.2 Å². The van der Waals surface area contributed by atoms with Crippen LogP contribution in [0.4, 0.5) is 0 Å². The van der Waals surface area contributed by atoms with Gasteiger partial charge >= 0.3 is 5.97 Å². The highest BCUT2D eigenvalue weighted by Crippen LogP contribution is 2.27. The summed E-state index contributed by atoms with van der Waals surface area (Å²) in [6.45, 7) is 10.7. The van der Waals surface area contributed by atoms with Crippen molar-refractivity contribution in [2.45, 2.75) is 59.4 Å². The fraction of sp³-hybridized carbons (Fsp3) is 0.556. The van der Waals surface area contributed by atoms with Gasteiger partial charge in [0.15, 0.2) is 0 Å². The number of carbonyl (C=O) groups excluding carboxylic acids is 1. The molecule has 0 aliphatic rings. The smallest absolute Gasteiger partial charge is 0.307 e. The van der Waals surface area contributed by atoms with Gasteiger partial charge in [0.1, 0.15) is 0 Å². The van der Waals surface area contributed by atoms with Gasteiger partial charge in [-0.2, -0.15) is 0 Å². The zero-order valence-electron chi connectivity index (χ0n) is 14.2. The van der Waals surface area contributed by atoms with Gasteiger partial charge in [-0.1, -0.05) is 52.8 Å². The molecule has 0 heterocycles. The molecule has 1 aromatic carbocycles. The molecule has 1 rings (SSSR count). The van der Waals surface area contributed by atoms with Gasteiger partial charge in [0.05, 0.1) is 6.42 Å². The van der Waals surface area contributed by atoms with Crippen LogP contribution in [-0.2, 0) is 28.0 Å². The second-order valence-corrected chi connectivity index (χ2v) is 7.19. The molecule has 0 saturated heterocycles. The molecule has 0 radical (unpaired) electrons. The summed E-state index contributed by atoms with van der Waals surface area (Å²) in [5.41, 5.74) is 2.71. The van der Waals surface area contributed by atoms with Gasteiger partial charge in [0, 0.05) is 13.0 Å². The van der Waals surface area contributed by atoms with Gasteiger partial charge in [-0.05, 0) is 28.0 Å². The Morgan fingerprint density at radius 2 is 1.86 bits per heavy atom. The van der Waals surface area contributed by atoms with E-state index in [1.807, 2.05) is 32.0 Å². The SMILES string of the molecule is CC(C)CC(=O)NCc1ccc(CC(=O)O)c(C(C)(C)C)c1. The summed E-state index contributed by atoms with van der Waals surface area (Å²) in [5.74, 6) is -0.450. The van der Waals surface area contributed by atoms with Crippen LogP contribution in [0.3, 0.4) is 0 Å². The topological polar surface area (TPSA) is 66.4 Å². The van der Waals surface area contributed by atoms with Crippen molar-refractivity contribution < 1.29 is 14.7 Å². The summed E-state index contributed by atoms with van der Waals surface area (Å²) in [6.07, 6.45) is 0.538. The minimum atomic E-state index is -0.830. The number of amides is 1. The molecule has 0 unspecified atom stereocenters. The zero-order chi connectivity index (χ0) is 16.9. The first-order valence-electron chi connectivity index (χ1n) is 7.70. The summed E-state index contributed by atoms with van der Waals surface area (Å²) < 4.78 is 0. The first-order chi connectivity index (χ1) is 10.1. The molecule has 1 amide bonds.